The van der Waals surface area contributed by atoms with Crippen molar-refractivity contribution in [2.24, 2.45) is 0 Å². The second kappa shape index (κ2) is 7.79. The first-order valence-electron chi connectivity index (χ1n) is 7.60. The van der Waals surface area contributed by atoms with Gasteiger partial charge in [0.15, 0.2) is 12.4 Å². The summed E-state index contributed by atoms with van der Waals surface area (Å²) >= 11 is 6.11. The third-order valence-corrected chi connectivity index (χ3v) is 3.87. The van der Waals surface area contributed by atoms with Crippen LogP contribution in [0.2, 0.25) is 5.15 Å². The predicted octanol–water partition coefficient (Wildman–Crippen LogP) is 3.92. The largest absolute Gasteiger partial charge is 0.475 e. The van der Waals surface area contributed by atoms with Gasteiger partial charge in [-0.25, -0.2) is 9.78 Å². The smallest absolute Gasteiger partial charge is 0.344 e. The number of hydrogen-bond donors (Lipinski definition) is 0. The molecule has 3 rings (SSSR count). The van der Waals surface area contributed by atoms with Crippen molar-refractivity contribution in [2.45, 2.75) is 6.61 Å². The second-order valence-electron chi connectivity index (χ2n) is 5.31. The van der Waals surface area contributed by atoms with Crippen molar-refractivity contribution >= 4 is 34.2 Å². The molecule has 0 radical (unpaired) electrons. The van der Waals surface area contributed by atoms with Crippen molar-refractivity contribution in [3.8, 4) is 5.75 Å². The molecular weight excluding hydrogens is 360 g/mol. The zero-order chi connectivity index (χ0) is 18.5. The Hall–Kier alpha value is -3.19. The Labute approximate surface area is 153 Å². The summed E-state index contributed by atoms with van der Waals surface area (Å²) < 4.78 is 10.3. The first kappa shape index (κ1) is 17.6. The molecule has 0 aliphatic rings. The second-order valence-corrected chi connectivity index (χ2v) is 5.66. The summed E-state index contributed by atoms with van der Waals surface area (Å²) in [6.45, 7) is -0.529. The Bertz CT molecular complexity index is 977. The van der Waals surface area contributed by atoms with Crippen LogP contribution in [0.5, 0.6) is 5.75 Å². The quantitative estimate of drug-likeness (QED) is 0.282. The van der Waals surface area contributed by atoms with E-state index in [-0.39, 0.29) is 23.2 Å². The number of rotatable bonds is 6. The van der Waals surface area contributed by atoms with Gasteiger partial charge >= 0.3 is 11.7 Å². The number of nitro benzene ring substituents is 1. The third-order valence-electron chi connectivity index (χ3n) is 3.55. The van der Waals surface area contributed by atoms with Crippen LogP contribution in [0.4, 0.5) is 5.69 Å². The molecule has 0 saturated heterocycles. The van der Waals surface area contributed by atoms with Crippen LogP contribution in [0, 0.1) is 10.1 Å². The van der Waals surface area contributed by atoms with Crippen LogP contribution in [-0.4, -0.2) is 22.5 Å². The first-order chi connectivity index (χ1) is 12.5. The molecule has 3 aromatic rings. The summed E-state index contributed by atoms with van der Waals surface area (Å²) in [7, 11) is 0. The molecule has 1 heterocycles. The van der Waals surface area contributed by atoms with Crippen molar-refractivity contribution in [1.29, 1.82) is 0 Å². The zero-order valence-corrected chi connectivity index (χ0v) is 14.2. The van der Waals surface area contributed by atoms with Gasteiger partial charge in [0.05, 0.1) is 10.4 Å². The van der Waals surface area contributed by atoms with Crippen LogP contribution in [0.15, 0.2) is 54.6 Å². The lowest BCUT2D eigenvalue weighted by molar-refractivity contribution is -0.385. The number of benzene rings is 2. The molecule has 2 aromatic carbocycles. The van der Waals surface area contributed by atoms with Gasteiger partial charge in [-0.3, -0.25) is 10.1 Å². The number of carbonyl (C=O) groups is 1. The molecule has 8 heteroatoms. The van der Waals surface area contributed by atoms with Gasteiger partial charge in [0, 0.05) is 17.0 Å². The molecule has 0 bridgehead atoms. The number of ether oxygens (including phenoxy) is 2. The average Bonchev–Trinajstić information content (AvgIpc) is 2.64. The molecule has 0 atom stereocenters. The van der Waals surface area contributed by atoms with E-state index >= 15 is 0 Å². The lowest BCUT2D eigenvalue weighted by Gasteiger charge is -2.09. The number of fused-ring (bicyclic) bond motifs is 1. The Kier molecular flexibility index (Phi) is 5.28. The van der Waals surface area contributed by atoms with E-state index in [1.165, 1.54) is 18.2 Å². The normalized spacial score (nSPS) is 10.5. The van der Waals surface area contributed by atoms with Gasteiger partial charge in [0.1, 0.15) is 11.8 Å². The zero-order valence-electron chi connectivity index (χ0n) is 13.4. The van der Waals surface area contributed by atoms with Crippen molar-refractivity contribution in [1.82, 2.24) is 4.98 Å². The number of halogens is 1. The Morgan fingerprint density at radius 3 is 2.69 bits per heavy atom. The van der Waals surface area contributed by atoms with Crippen LogP contribution in [-0.2, 0) is 16.1 Å². The molecule has 132 valence electrons. The van der Waals surface area contributed by atoms with Gasteiger partial charge < -0.3 is 9.47 Å². The highest BCUT2D eigenvalue weighted by Gasteiger charge is 2.16. The van der Waals surface area contributed by atoms with E-state index in [0.717, 1.165) is 10.9 Å². The fraction of sp³-hybridized carbons (Fsp3) is 0.111. The number of nitrogens with zero attached hydrogens (tertiary/aromatic N) is 2. The topological polar surface area (TPSA) is 91.6 Å². The minimum absolute atomic E-state index is 0.000135. The van der Waals surface area contributed by atoms with Crippen LogP contribution in [0.3, 0.4) is 0 Å². The van der Waals surface area contributed by atoms with E-state index in [0.29, 0.717) is 5.56 Å². The van der Waals surface area contributed by atoms with Crippen molar-refractivity contribution in [3.63, 3.8) is 0 Å². The van der Waals surface area contributed by atoms with Gasteiger partial charge in [0.25, 0.3) is 0 Å². The molecule has 0 fully saturated rings. The maximum atomic E-state index is 11.9. The van der Waals surface area contributed by atoms with Crippen molar-refractivity contribution < 1.29 is 19.2 Å². The SMILES string of the molecule is O=C(COc1ccccc1[N+](=O)[O-])OCc1cc2ccccc2nc1Cl. The first-order valence-corrected chi connectivity index (χ1v) is 7.98. The number of hydrogen-bond acceptors (Lipinski definition) is 6. The van der Waals surface area contributed by atoms with Crippen molar-refractivity contribution in [2.75, 3.05) is 6.61 Å². The molecule has 26 heavy (non-hydrogen) atoms. The van der Waals surface area contributed by atoms with E-state index in [9.17, 15) is 14.9 Å². The Morgan fingerprint density at radius 1 is 1.15 bits per heavy atom. The number of para-hydroxylation sites is 3. The molecule has 1 aromatic heterocycles. The summed E-state index contributed by atoms with van der Waals surface area (Å²) in [6, 6.07) is 15.0. The number of nitro groups is 1. The Balaban J connectivity index is 1.61. The van der Waals surface area contributed by atoms with Gasteiger partial charge in [0.2, 0.25) is 0 Å². The molecule has 7 nitrogen and oxygen atoms in total. The van der Waals surface area contributed by atoms with E-state index in [2.05, 4.69) is 4.98 Å². The van der Waals surface area contributed by atoms with Crippen LogP contribution in [0.1, 0.15) is 5.56 Å². The number of aromatic nitrogens is 1. The Morgan fingerprint density at radius 2 is 1.88 bits per heavy atom. The van der Waals surface area contributed by atoms with E-state index in [1.807, 2.05) is 24.3 Å². The summed E-state index contributed by atoms with van der Waals surface area (Å²) in [5, 5.41) is 12.0. The fourth-order valence-corrected chi connectivity index (χ4v) is 2.50. The highest BCUT2D eigenvalue weighted by atomic mass is 35.5. The molecule has 0 amide bonds. The molecular formula is C18H13ClN2O5. The van der Waals surface area contributed by atoms with E-state index in [1.54, 1.807) is 12.1 Å². The molecule has 0 spiro atoms. The number of esters is 1. The predicted molar refractivity (Wildman–Crippen MR) is 95.1 cm³/mol. The summed E-state index contributed by atoms with van der Waals surface area (Å²) in [5.41, 5.74) is 1.08. The summed E-state index contributed by atoms with van der Waals surface area (Å²) in [6.07, 6.45) is 0. The fourth-order valence-electron chi connectivity index (χ4n) is 2.30. The number of pyridine rings is 1. The van der Waals surface area contributed by atoms with Crippen LogP contribution in [0.25, 0.3) is 10.9 Å². The standard InChI is InChI=1S/C18H13ClN2O5/c19-18-13(9-12-5-1-2-6-14(12)20-18)10-26-17(22)11-25-16-8-4-3-7-15(16)21(23)24/h1-9H,10-11H2. The molecule has 0 aliphatic carbocycles. The lowest BCUT2D eigenvalue weighted by Crippen LogP contribution is -2.15. The lowest BCUT2D eigenvalue weighted by atomic mass is 10.2. The van der Waals surface area contributed by atoms with Gasteiger partial charge in [-0.05, 0) is 18.2 Å². The van der Waals surface area contributed by atoms with Crippen molar-refractivity contribution in [3.05, 3.63) is 75.4 Å². The van der Waals surface area contributed by atoms with Crippen LogP contribution >= 0.6 is 11.6 Å². The minimum Gasteiger partial charge on any atom is -0.475 e. The summed E-state index contributed by atoms with van der Waals surface area (Å²) in [4.78, 5) is 26.4. The molecule has 0 aliphatic heterocycles. The molecule has 0 saturated carbocycles. The number of carbonyl (C=O) groups excluding carboxylic acids is 1. The molecule has 0 N–H and O–H groups in total. The maximum absolute atomic E-state index is 11.9. The van der Waals surface area contributed by atoms with Gasteiger partial charge in [-0.15, -0.1) is 0 Å². The highest BCUT2D eigenvalue weighted by molar-refractivity contribution is 6.30. The minimum atomic E-state index is -0.674. The van der Waals surface area contributed by atoms with Crippen LogP contribution < -0.4 is 4.74 Å². The average molecular weight is 373 g/mol. The highest BCUT2D eigenvalue weighted by Crippen LogP contribution is 2.26. The maximum Gasteiger partial charge on any atom is 0.344 e. The summed E-state index contributed by atoms with van der Waals surface area (Å²) in [5.74, 6) is -0.674. The monoisotopic (exact) mass is 372 g/mol. The van der Waals surface area contributed by atoms with Gasteiger partial charge in [-0.2, -0.15) is 0 Å². The van der Waals surface area contributed by atoms with E-state index < -0.39 is 17.5 Å². The molecule has 0 unspecified atom stereocenters. The van der Waals surface area contributed by atoms with Gasteiger partial charge in [-0.1, -0.05) is 41.9 Å². The van der Waals surface area contributed by atoms with E-state index in [4.69, 9.17) is 21.1 Å². The third kappa shape index (κ3) is 4.07.